The molecule has 114 valence electrons. The Morgan fingerprint density at radius 1 is 1.33 bits per heavy atom. The highest BCUT2D eigenvalue weighted by Gasteiger charge is 2.27. The average Bonchev–Trinajstić information content (AvgIpc) is 2.87. The topological polar surface area (TPSA) is 66.8 Å². The molecule has 1 fully saturated rings. The van der Waals surface area contributed by atoms with E-state index in [-0.39, 0.29) is 24.9 Å². The fraction of sp³-hybridized carbons (Fsp3) is 0.429. The van der Waals surface area contributed by atoms with Crippen LogP contribution in [-0.4, -0.2) is 41.6 Å². The maximum atomic E-state index is 12.0. The van der Waals surface area contributed by atoms with Gasteiger partial charge in [-0.2, -0.15) is 0 Å². The molecule has 1 N–H and O–H groups in total. The largest absolute Gasteiger partial charge is 0.484 e. The van der Waals surface area contributed by atoms with E-state index in [2.05, 4.69) is 0 Å². The molecule has 0 bridgehead atoms. The van der Waals surface area contributed by atoms with Gasteiger partial charge in [0.2, 0.25) is 0 Å². The van der Waals surface area contributed by atoms with Gasteiger partial charge < -0.3 is 14.7 Å². The van der Waals surface area contributed by atoms with Crippen LogP contribution in [0, 0.1) is 5.92 Å². The molecule has 1 unspecified atom stereocenters. The van der Waals surface area contributed by atoms with Crippen LogP contribution in [0.1, 0.15) is 12.8 Å². The molecular weight excluding hydrogens is 317 g/mol. The molecule has 0 radical (unpaired) electrons. The van der Waals surface area contributed by atoms with Crippen molar-refractivity contribution in [2.75, 3.05) is 19.7 Å². The minimum absolute atomic E-state index is 0.0245. The van der Waals surface area contributed by atoms with E-state index in [0.29, 0.717) is 35.3 Å². The summed E-state index contributed by atoms with van der Waals surface area (Å²) in [5, 5.41) is 9.54. The van der Waals surface area contributed by atoms with Crippen LogP contribution in [0.2, 0.25) is 10.0 Å². The van der Waals surface area contributed by atoms with Crippen molar-refractivity contribution >= 4 is 35.1 Å². The van der Waals surface area contributed by atoms with Crippen LogP contribution < -0.4 is 4.74 Å². The number of aliphatic carboxylic acids is 1. The number of carboxylic acids is 1. The Balaban J connectivity index is 1.82. The monoisotopic (exact) mass is 331 g/mol. The minimum atomic E-state index is -0.832. The van der Waals surface area contributed by atoms with E-state index >= 15 is 0 Å². The summed E-state index contributed by atoms with van der Waals surface area (Å²) in [6.45, 7) is 0.940. The molecule has 1 saturated heterocycles. The van der Waals surface area contributed by atoms with E-state index in [0.717, 1.165) is 0 Å². The normalized spacial score (nSPS) is 17.8. The first kappa shape index (κ1) is 15.9. The first-order valence-corrected chi connectivity index (χ1v) is 7.28. The van der Waals surface area contributed by atoms with Crippen LogP contribution in [-0.2, 0) is 9.59 Å². The molecule has 1 amide bonds. The van der Waals surface area contributed by atoms with Gasteiger partial charge in [0.15, 0.2) is 6.61 Å². The van der Waals surface area contributed by atoms with E-state index in [1.807, 2.05) is 0 Å². The van der Waals surface area contributed by atoms with Crippen LogP contribution in [0.5, 0.6) is 5.75 Å². The summed E-state index contributed by atoms with van der Waals surface area (Å²) in [7, 11) is 0. The second-order valence-corrected chi connectivity index (χ2v) is 5.77. The number of likely N-dealkylation sites (tertiary alicyclic amines) is 1. The lowest BCUT2D eigenvalue weighted by Crippen LogP contribution is -2.33. The zero-order chi connectivity index (χ0) is 15.4. The van der Waals surface area contributed by atoms with Gasteiger partial charge >= 0.3 is 5.97 Å². The molecule has 5 nitrogen and oxygen atoms in total. The summed E-state index contributed by atoms with van der Waals surface area (Å²) < 4.78 is 5.38. The highest BCUT2D eigenvalue weighted by Crippen LogP contribution is 2.26. The second-order valence-electron chi connectivity index (χ2n) is 4.96. The fourth-order valence-corrected chi connectivity index (χ4v) is 2.56. The molecule has 0 spiro atoms. The molecule has 2 rings (SSSR count). The number of nitrogens with zero attached hydrogens (tertiary/aromatic N) is 1. The number of carbonyl (C=O) groups excluding carboxylic acids is 1. The molecule has 7 heteroatoms. The molecule has 1 aromatic rings. The van der Waals surface area contributed by atoms with Crippen molar-refractivity contribution in [3.8, 4) is 5.75 Å². The Kier molecular flexibility index (Phi) is 5.31. The zero-order valence-electron chi connectivity index (χ0n) is 11.2. The van der Waals surface area contributed by atoms with Gasteiger partial charge in [0.05, 0.1) is 10.0 Å². The lowest BCUT2D eigenvalue weighted by Gasteiger charge is -2.16. The summed E-state index contributed by atoms with van der Waals surface area (Å²) >= 11 is 11.7. The van der Waals surface area contributed by atoms with Crippen molar-refractivity contribution in [3.63, 3.8) is 0 Å². The molecule has 1 aliphatic heterocycles. The fourth-order valence-electron chi connectivity index (χ4n) is 2.28. The van der Waals surface area contributed by atoms with Crippen LogP contribution in [0.3, 0.4) is 0 Å². The molecule has 1 aromatic carbocycles. The Bertz CT molecular complexity index is 550. The second kappa shape index (κ2) is 7.00. The SMILES string of the molecule is O=C(O)CC1CCN(C(=O)COc2ccc(Cl)c(Cl)c2)C1. The van der Waals surface area contributed by atoms with Crippen molar-refractivity contribution in [3.05, 3.63) is 28.2 Å². The van der Waals surface area contributed by atoms with Crippen LogP contribution >= 0.6 is 23.2 Å². The Hall–Kier alpha value is -1.46. The van der Waals surface area contributed by atoms with Crippen molar-refractivity contribution in [1.29, 1.82) is 0 Å². The Morgan fingerprint density at radius 3 is 2.76 bits per heavy atom. The van der Waals surface area contributed by atoms with E-state index in [4.69, 9.17) is 33.0 Å². The lowest BCUT2D eigenvalue weighted by atomic mass is 10.1. The number of halogens is 2. The summed E-state index contributed by atoms with van der Waals surface area (Å²) in [5.74, 6) is -0.495. The van der Waals surface area contributed by atoms with Crippen LogP contribution in [0.25, 0.3) is 0 Å². The first-order chi connectivity index (χ1) is 9.95. The number of carbonyl (C=O) groups is 2. The van der Waals surface area contributed by atoms with Gasteiger partial charge in [-0.1, -0.05) is 23.2 Å². The number of amides is 1. The van der Waals surface area contributed by atoms with Crippen molar-refractivity contribution in [1.82, 2.24) is 4.90 Å². The first-order valence-electron chi connectivity index (χ1n) is 6.53. The standard InChI is InChI=1S/C14H15Cl2NO4/c15-11-2-1-10(6-12(11)16)21-8-13(18)17-4-3-9(7-17)5-14(19)20/h1-2,6,9H,3-5,7-8H2,(H,19,20). The van der Waals surface area contributed by atoms with Crippen molar-refractivity contribution in [2.45, 2.75) is 12.8 Å². The zero-order valence-corrected chi connectivity index (χ0v) is 12.7. The molecule has 21 heavy (non-hydrogen) atoms. The quantitative estimate of drug-likeness (QED) is 0.900. The third-order valence-corrected chi connectivity index (χ3v) is 4.09. The third-order valence-electron chi connectivity index (χ3n) is 3.36. The van der Waals surface area contributed by atoms with Gasteiger partial charge in [-0.3, -0.25) is 9.59 Å². The summed E-state index contributed by atoms with van der Waals surface area (Å²) in [6, 6.07) is 4.79. The predicted octanol–water partition coefficient (Wildman–Crippen LogP) is 2.70. The van der Waals surface area contributed by atoms with E-state index in [1.165, 1.54) is 0 Å². The van der Waals surface area contributed by atoms with Crippen LogP contribution in [0.15, 0.2) is 18.2 Å². The minimum Gasteiger partial charge on any atom is -0.484 e. The van der Waals surface area contributed by atoms with Gasteiger partial charge in [-0.25, -0.2) is 0 Å². The Labute approximate surface area is 132 Å². The molecule has 1 aliphatic rings. The molecule has 0 saturated carbocycles. The summed E-state index contributed by atoms with van der Waals surface area (Å²) in [5.41, 5.74) is 0. The Morgan fingerprint density at radius 2 is 2.10 bits per heavy atom. The maximum absolute atomic E-state index is 12.0. The number of ether oxygens (including phenoxy) is 1. The van der Waals surface area contributed by atoms with Crippen LogP contribution in [0.4, 0.5) is 0 Å². The number of hydrogen-bond acceptors (Lipinski definition) is 3. The van der Waals surface area contributed by atoms with Crippen molar-refractivity contribution < 1.29 is 19.4 Å². The van der Waals surface area contributed by atoms with Crippen molar-refractivity contribution in [2.24, 2.45) is 5.92 Å². The summed E-state index contributed by atoms with van der Waals surface area (Å²) in [6.07, 6.45) is 0.808. The summed E-state index contributed by atoms with van der Waals surface area (Å²) in [4.78, 5) is 24.3. The van der Waals surface area contributed by atoms with Gasteiger partial charge in [-0.05, 0) is 24.5 Å². The average molecular weight is 332 g/mol. The van der Waals surface area contributed by atoms with Gasteiger partial charge in [0.1, 0.15) is 5.75 Å². The number of benzene rings is 1. The van der Waals surface area contributed by atoms with E-state index in [1.54, 1.807) is 23.1 Å². The number of hydrogen-bond donors (Lipinski definition) is 1. The van der Waals surface area contributed by atoms with Gasteiger partial charge in [-0.15, -0.1) is 0 Å². The van der Waals surface area contributed by atoms with Gasteiger partial charge in [0, 0.05) is 25.6 Å². The molecular formula is C14H15Cl2NO4. The highest BCUT2D eigenvalue weighted by atomic mass is 35.5. The van der Waals surface area contributed by atoms with E-state index in [9.17, 15) is 9.59 Å². The highest BCUT2D eigenvalue weighted by molar-refractivity contribution is 6.42. The third kappa shape index (κ3) is 4.51. The van der Waals surface area contributed by atoms with E-state index < -0.39 is 5.97 Å². The molecule has 1 atom stereocenters. The molecule has 1 heterocycles. The molecule has 0 aliphatic carbocycles. The maximum Gasteiger partial charge on any atom is 0.303 e. The predicted molar refractivity (Wildman–Crippen MR) is 78.9 cm³/mol. The lowest BCUT2D eigenvalue weighted by molar-refractivity contribution is -0.138. The number of carboxylic acid groups (broad SMARTS) is 1. The smallest absolute Gasteiger partial charge is 0.303 e. The number of rotatable bonds is 5. The van der Waals surface area contributed by atoms with Gasteiger partial charge in [0.25, 0.3) is 5.91 Å². The molecule has 0 aromatic heterocycles.